The van der Waals surface area contributed by atoms with Gasteiger partial charge in [-0.25, -0.2) is 0 Å². The Morgan fingerprint density at radius 1 is 0.314 bits per heavy atom. The van der Waals surface area contributed by atoms with Gasteiger partial charge in [0.1, 0.15) is 0 Å². The van der Waals surface area contributed by atoms with Crippen molar-refractivity contribution in [1.82, 2.24) is 9.13 Å². The van der Waals surface area contributed by atoms with Crippen LogP contribution in [0.2, 0.25) is 0 Å². The summed E-state index contributed by atoms with van der Waals surface area (Å²) in [5, 5.41) is 8.43. The van der Waals surface area contributed by atoms with E-state index in [1.165, 1.54) is 99.1 Å². The lowest BCUT2D eigenvalue weighted by atomic mass is 9.79. The molecule has 0 spiro atoms. The minimum atomic E-state index is -0.0437. The molecule has 86 heavy (non-hydrogen) atoms. The standard InChI is InChI=1S/C82H68N4/c1-81(2,3)61-38-46-77-71(50-61)73-53-67(44-48-79(73)85(77)63-40-34-57(35-41-63)55-20-9-7-10-21-55)83(75-32-17-26-59-24-13-15-30-69(59)75)65-28-19-29-66(52-65)84(76-33-18-27-60-25-14-16-31-70(60)76)68-45-49-80-74(54-68)72-51-62(82(4,5)6)39-47-78(72)86(80)64-42-36-58(37-43-64)56-22-11-8-12-23-56/h7-38,40-46,48-54H,39,47H2,1-6H3. The molecule has 1 aliphatic carbocycles. The molecule has 2 aromatic heterocycles. The number of aromatic nitrogens is 2. The van der Waals surface area contributed by atoms with Gasteiger partial charge in [-0.05, 0) is 165 Å². The lowest BCUT2D eigenvalue weighted by Crippen LogP contribution is -2.14. The van der Waals surface area contributed by atoms with Crippen molar-refractivity contribution in [3.8, 4) is 33.6 Å². The molecular formula is C82H68N4. The maximum Gasteiger partial charge on any atom is 0.0542 e. The molecule has 0 amide bonds. The fourth-order valence-electron chi connectivity index (χ4n) is 13.5. The molecule has 0 radical (unpaired) electrons. The number of hydrogen-bond donors (Lipinski definition) is 0. The van der Waals surface area contributed by atoms with E-state index in [9.17, 15) is 0 Å². The van der Waals surface area contributed by atoms with Gasteiger partial charge in [0.2, 0.25) is 0 Å². The zero-order valence-corrected chi connectivity index (χ0v) is 49.8. The summed E-state index contributed by atoms with van der Waals surface area (Å²) in [6.07, 6.45) is 4.51. The average Bonchev–Trinajstić information content (AvgIpc) is 1.62. The Bertz CT molecular complexity index is 4920. The Labute approximate surface area is 504 Å². The van der Waals surface area contributed by atoms with Crippen molar-refractivity contribution in [3.63, 3.8) is 0 Å². The first kappa shape index (κ1) is 52.6. The van der Waals surface area contributed by atoms with Crippen LogP contribution in [0.1, 0.15) is 64.8 Å². The molecule has 0 N–H and O–H groups in total. The van der Waals surface area contributed by atoms with Gasteiger partial charge in [-0.2, -0.15) is 0 Å². The largest absolute Gasteiger partial charge is 0.313 e. The fraction of sp³-hybridized carbons (Fsp3) is 0.122. The van der Waals surface area contributed by atoms with E-state index >= 15 is 0 Å². The lowest BCUT2D eigenvalue weighted by molar-refractivity contribution is 0.483. The lowest BCUT2D eigenvalue weighted by Gasteiger charge is -2.31. The Morgan fingerprint density at radius 2 is 0.744 bits per heavy atom. The van der Waals surface area contributed by atoms with Crippen molar-refractivity contribution in [1.29, 1.82) is 0 Å². The van der Waals surface area contributed by atoms with Gasteiger partial charge < -0.3 is 18.9 Å². The molecule has 14 aromatic rings. The van der Waals surface area contributed by atoms with Gasteiger partial charge >= 0.3 is 0 Å². The fourth-order valence-corrected chi connectivity index (χ4v) is 13.5. The summed E-state index contributed by atoms with van der Waals surface area (Å²) < 4.78 is 4.98. The zero-order valence-electron chi connectivity index (χ0n) is 49.8. The summed E-state index contributed by atoms with van der Waals surface area (Å²) in [6, 6.07) is 101. The van der Waals surface area contributed by atoms with Crippen LogP contribution in [0.15, 0.2) is 279 Å². The van der Waals surface area contributed by atoms with Crippen LogP contribution in [0.5, 0.6) is 0 Å². The maximum absolute atomic E-state index is 2.53. The predicted octanol–water partition coefficient (Wildman–Crippen LogP) is 23.0. The van der Waals surface area contributed by atoms with Crippen molar-refractivity contribution < 1.29 is 0 Å². The van der Waals surface area contributed by atoms with Crippen LogP contribution in [0.25, 0.3) is 94.0 Å². The van der Waals surface area contributed by atoms with Gasteiger partial charge in [0.05, 0.1) is 27.9 Å². The van der Waals surface area contributed by atoms with E-state index < -0.39 is 0 Å². The third kappa shape index (κ3) is 9.25. The van der Waals surface area contributed by atoms with Crippen LogP contribution in [0, 0.1) is 5.41 Å². The SMILES string of the molecule is CC(C)(C)C1=Cc2c(n(-c3ccc(-c4ccccc4)cc3)c3ccc(N(c4cccc(N(c5ccc6c(c5)c5cc(C(C)(C)C)ccc5n6-c5ccc(-c6ccccc6)cc5)c5cccc6ccccc56)c4)c4cccc5ccccc45)cc23)CC1. The Hall–Kier alpha value is -10.2. The minimum Gasteiger partial charge on any atom is -0.313 e. The van der Waals surface area contributed by atoms with Crippen molar-refractivity contribution in [3.05, 3.63) is 295 Å². The summed E-state index contributed by atoms with van der Waals surface area (Å²) in [5.41, 5.74) is 22.7. The molecule has 0 aliphatic heterocycles. The van der Waals surface area contributed by atoms with Crippen LogP contribution in [0.4, 0.5) is 34.1 Å². The number of nitrogens with zero attached hydrogens (tertiary/aromatic N) is 4. The van der Waals surface area contributed by atoms with E-state index in [1.54, 1.807) is 0 Å². The average molecular weight is 1110 g/mol. The highest BCUT2D eigenvalue weighted by molar-refractivity contribution is 6.12. The summed E-state index contributed by atoms with van der Waals surface area (Å²) >= 11 is 0. The molecular weight excluding hydrogens is 1040 g/mol. The second-order valence-corrected chi connectivity index (χ2v) is 25.3. The summed E-state index contributed by atoms with van der Waals surface area (Å²) in [4.78, 5) is 4.98. The van der Waals surface area contributed by atoms with Crippen molar-refractivity contribution in [2.45, 2.75) is 59.8 Å². The molecule has 4 nitrogen and oxygen atoms in total. The molecule has 12 aromatic carbocycles. The number of benzene rings is 12. The smallest absolute Gasteiger partial charge is 0.0542 e. The molecule has 416 valence electrons. The van der Waals surface area contributed by atoms with Crippen molar-refractivity contribution in [2.75, 3.05) is 9.80 Å². The van der Waals surface area contributed by atoms with E-state index in [1.807, 2.05) is 0 Å². The van der Waals surface area contributed by atoms with Gasteiger partial charge in [0, 0.05) is 72.3 Å². The van der Waals surface area contributed by atoms with Gasteiger partial charge in [0.15, 0.2) is 0 Å². The van der Waals surface area contributed by atoms with Crippen LogP contribution in [-0.2, 0) is 11.8 Å². The van der Waals surface area contributed by atoms with Gasteiger partial charge in [0.25, 0.3) is 0 Å². The monoisotopic (exact) mass is 1110 g/mol. The Morgan fingerprint density at radius 3 is 1.28 bits per heavy atom. The normalized spacial score (nSPS) is 12.7. The molecule has 0 atom stereocenters. The van der Waals surface area contributed by atoms with Crippen LogP contribution in [-0.4, -0.2) is 9.13 Å². The number of fused-ring (bicyclic) bond motifs is 8. The van der Waals surface area contributed by atoms with Crippen LogP contribution in [0.3, 0.4) is 0 Å². The molecule has 0 unspecified atom stereocenters. The van der Waals surface area contributed by atoms with E-state index in [-0.39, 0.29) is 10.8 Å². The molecule has 0 fully saturated rings. The van der Waals surface area contributed by atoms with E-state index in [0.717, 1.165) is 58.2 Å². The minimum absolute atomic E-state index is 0.0402. The highest BCUT2D eigenvalue weighted by atomic mass is 15.2. The van der Waals surface area contributed by atoms with Crippen LogP contribution < -0.4 is 9.80 Å². The second-order valence-electron chi connectivity index (χ2n) is 25.3. The first-order valence-electron chi connectivity index (χ1n) is 30.4. The number of hydrogen-bond acceptors (Lipinski definition) is 2. The molecule has 0 bridgehead atoms. The third-order valence-electron chi connectivity index (χ3n) is 18.0. The molecule has 15 rings (SSSR count). The Kier molecular flexibility index (Phi) is 12.8. The quantitative estimate of drug-likeness (QED) is 0.136. The predicted molar refractivity (Wildman–Crippen MR) is 367 cm³/mol. The number of allylic oxidation sites excluding steroid dienone is 1. The summed E-state index contributed by atoms with van der Waals surface area (Å²) in [7, 11) is 0. The van der Waals surface area contributed by atoms with E-state index in [0.29, 0.717) is 0 Å². The molecule has 1 aliphatic rings. The highest BCUT2D eigenvalue weighted by Gasteiger charge is 2.29. The zero-order chi connectivity index (χ0) is 58.3. The first-order valence-corrected chi connectivity index (χ1v) is 30.4. The number of anilines is 6. The van der Waals surface area contributed by atoms with E-state index in [4.69, 9.17) is 0 Å². The highest BCUT2D eigenvalue weighted by Crippen LogP contribution is 2.48. The first-order chi connectivity index (χ1) is 41.9. The summed E-state index contributed by atoms with van der Waals surface area (Å²) in [6.45, 7) is 14.0. The molecule has 0 saturated carbocycles. The van der Waals surface area contributed by atoms with Crippen molar-refractivity contribution in [2.24, 2.45) is 5.41 Å². The number of rotatable bonds is 10. The van der Waals surface area contributed by atoms with Gasteiger partial charge in [-0.3, -0.25) is 0 Å². The van der Waals surface area contributed by atoms with Gasteiger partial charge in [-0.1, -0.05) is 223 Å². The molecule has 2 heterocycles. The Balaban J connectivity index is 0.931. The van der Waals surface area contributed by atoms with E-state index in [2.05, 4.69) is 340 Å². The van der Waals surface area contributed by atoms with Crippen LogP contribution >= 0.6 is 0 Å². The molecule has 0 saturated heterocycles. The topological polar surface area (TPSA) is 16.3 Å². The summed E-state index contributed by atoms with van der Waals surface area (Å²) in [5.74, 6) is 0. The maximum atomic E-state index is 2.53. The molecule has 4 heteroatoms. The second kappa shape index (κ2) is 20.9. The van der Waals surface area contributed by atoms with Gasteiger partial charge in [-0.15, -0.1) is 0 Å². The van der Waals surface area contributed by atoms with Crippen molar-refractivity contribution >= 4 is 94.5 Å². The third-order valence-corrected chi connectivity index (χ3v) is 18.0.